The summed E-state index contributed by atoms with van der Waals surface area (Å²) in [7, 11) is 0. The minimum atomic E-state index is -0.250. The van der Waals surface area contributed by atoms with E-state index in [2.05, 4.69) is 27.4 Å². The molecule has 3 heteroatoms. The van der Waals surface area contributed by atoms with Crippen molar-refractivity contribution in [3.8, 4) is 0 Å². The van der Waals surface area contributed by atoms with Gasteiger partial charge in [-0.25, -0.2) is 4.79 Å². The summed E-state index contributed by atoms with van der Waals surface area (Å²) in [5.41, 5.74) is 1.62. The van der Waals surface area contributed by atoms with Crippen molar-refractivity contribution in [3.05, 3.63) is 48.0 Å². The number of ether oxygens (including phenoxy) is 2. The lowest BCUT2D eigenvalue weighted by Crippen LogP contribution is -2.45. The van der Waals surface area contributed by atoms with Gasteiger partial charge in [-0.3, -0.25) is 0 Å². The number of rotatable bonds is 4. The number of fused-ring (bicyclic) bond motifs is 2. The van der Waals surface area contributed by atoms with Gasteiger partial charge in [0.2, 0.25) is 0 Å². The molecule has 2 aliphatic rings. The van der Waals surface area contributed by atoms with Crippen molar-refractivity contribution in [3.63, 3.8) is 0 Å². The lowest BCUT2D eigenvalue weighted by atomic mass is 9.77. The summed E-state index contributed by atoms with van der Waals surface area (Å²) >= 11 is 0. The maximum absolute atomic E-state index is 12.2. The fraction of sp³-hybridized carbons (Fsp3) is 0.550. The number of carbonyl (C=O) groups excluding carboxylic acids is 1. The molecule has 0 unspecified atom stereocenters. The highest BCUT2D eigenvalue weighted by atomic mass is 16.5. The third-order valence-corrected chi connectivity index (χ3v) is 5.59. The predicted octanol–water partition coefficient (Wildman–Crippen LogP) is 4.24. The molecule has 0 N–H and O–H groups in total. The molecule has 1 saturated heterocycles. The van der Waals surface area contributed by atoms with Crippen LogP contribution in [0.3, 0.4) is 0 Å². The first-order valence-corrected chi connectivity index (χ1v) is 8.35. The molecule has 1 aromatic rings. The molecular formula is C20H26O3. The van der Waals surface area contributed by atoms with Gasteiger partial charge in [-0.05, 0) is 57.6 Å². The number of esters is 1. The molecule has 23 heavy (non-hydrogen) atoms. The van der Waals surface area contributed by atoms with Crippen LogP contribution < -0.4 is 0 Å². The molecule has 1 saturated carbocycles. The Bertz CT molecular complexity index is 605. The van der Waals surface area contributed by atoms with Crippen molar-refractivity contribution in [2.24, 2.45) is 17.3 Å². The van der Waals surface area contributed by atoms with E-state index in [4.69, 9.17) is 9.47 Å². The van der Waals surface area contributed by atoms with Crippen LogP contribution in [0, 0.1) is 17.3 Å². The maximum atomic E-state index is 12.2. The molecule has 124 valence electrons. The van der Waals surface area contributed by atoms with Crippen LogP contribution in [-0.4, -0.2) is 24.8 Å². The van der Waals surface area contributed by atoms with Crippen LogP contribution in [0.1, 0.15) is 44.0 Å². The standard InChI is InChI=1S/C20H26O3/c1-14(2)16-10-20(11-17(16)19(3,4)23-13-20)12-22-18(21)15-8-6-5-7-9-15/h5-9,16-17H,1,10-13H2,2-4H3/t16-,17-,20-/m1/s1. The van der Waals surface area contributed by atoms with E-state index in [0.29, 0.717) is 30.6 Å². The highest BCUT2D eigenvalue weighted by Gasteiger charge is 2.56. The second-order valence-electron chi connectivity index (χ2n) is 7.80. The summed E-state index contributed by atoms with van der Waals surface area (Å²) in [5, 5.41) is 0. The van der Waals surface area contributed by atoms with Crippen molar-refractivity contribution in [2.45, 2.75) is 39.2 Å². The van der Waals surface area contributed by atoms with Crippen LogP contribution in [0.15, 0.2) is 42.5 Å². The van der Waals surface area contributed by atoms with Crippen molar-refractivity contribution < 1.29 is 14.3 Å². The molecule has 0 spiro atoms. The molecule has 2 fully saturated rings. The molecule has 3 rings (SSSR count). The Hall–Kier alpha value is -1.61. The average molecular weight is 314 g/mol. The number of allylic oxidation sites excluding steroid dienone is 1. The first kappa shape index (κ1) is 16.3. The molecule has 1 aliphatic carbocycles. The number of hydrogen-bond donors (Lipinski definition) is 0. The smallest absolute Gasteiger partial charge is 0.338 e. The Kier molecular flexibility index (Phi) is 4.09. The lowest BCUT2D eigenvalue weighted by molar-refractivity contribution is -0.136. The summed E-state index contributed by atoms with van der Waals surface area (Å²) in [5.74, 6) is 0.646. The SMILES string of the molecule is C=C(C)[C@H]1C[C@@]2(COC(=O)c3ccccc3)COC(C)(C)[C@@H]1C2. The van der Waals surface area contributed by atoms with Crippen LogP contribution >= 0.6 is 0 Å². The van der Waals surface area contributed by atoms with Crippen molar-refractivity contribution in [2.75, 3.05) is 13.2 Å². The third-order valence-electron chi connectivity index (χ3n) is 5.59. The van der Waals surface area contributed by atoms with Crippen molar-refractivity contribution >= 4 is 5.97 Å². The fourth-order valence-corrected chi connectivity index (χ4v) is 4.15. The predicted molar refractivity (Wildman–Crippen MR) is 90.2 cm³/mol. The number of carbonyl (C=O) groups is 1. The van der Waals surface area contributed by atoms with E-state index < -0.39 is 0 Å². The molecule has 3 nitrogen and oxygen atoms in total. The van der Waals surface area contributed by atoms with E-state index in [0.717, 1.165) is 12.8 Å². The Morgan fingerprint density at radius 2 is 2.00 bits per heavy atom. The molecule has 1 aromatic carbocycles. The molecule has 1 aliphatic heterocycles. The lowest BCUT2D eigenvalue weighted by Gasteiger charge is -2.42. The second kappa shape index (κ2) is 5.79. The molecular weight excluding hydrogens is 288 g/mol. The van der Waals surface area contributed by atoms with E-state index in [1.165, 1.54) is 5.57 Å². The van der Waals surface area contributed by atoms with Gasteiger partial charge < -0.3 is 9.47 Å². The largest absolute Gasteiger partial charge is 0.461 e. The van der Waals surface area contributed by atoms with E-state index in [1.54, 1.807) is 12.1 Å². The van der Waals surface area contributed by atoms with Gasteiger partial charge in [-0.1, -0.05) is 30.4 Å². The van der Waals surface area contributed by atoms with Gasteiger partial charge in [0, 0.05) is 5.41 Å². The van der Waals surface area contributed by atoms with Crippen molar-refractivity contribution in [1.82, 2.24) is 0 Å². The van der Waals surface area contributed by atoms with E-state index in [-0.39, 0.29) is 17.0 Å². The topological polar surface area (TPSA) is 35.5 Å². The van der Waals surface area contributed by atoms with E-state index >= 15 is 0 Å². The highest BCUT2D eigenvalue weighted by molar-refractivity contribution is 5.89. The van der Waals surface area contributed by atoms with Gasteiger partial charge in [-0.2, -0.15) is 0 Å². The zero-order valence-electron chi connectivity index (χ0n) is 14.3. The second-order valence-corrected chi connectivity index (χ2v) is 7.80. The molecule has 0 amide bonds. The third kappa shape index (κ3) is 3.07. The zero-order valence-corrected chi connectivity index (χ0v) is 14.3. The molecule has 1 heterocycles. The van der Waals surface area contributed by atoms with Crippen LogP contribution in [-0.2, 0) is 9.47 Å². The van der Waals surface area contributed by atoms with Gasteiger partial charge in [0.25, 0.3) is 0 Å². The summed E-state index contributed by atoms with van der Waals surface area (Å²) in [6, 6.07) is 9.17. The monoisotopic (exact) mass is 314 g/mol. The Morgan fingerprint density at radius 1 is 1.30 bits per heavy atom. The number of hydrogen-bond acceptors (Lipinski definition) is 3. The average Bonchev–Trinajstić information content (AvgIpc) is 2.89. The first-order chi connectivity index (χ1) is 10.8. The minimum absolute atomic E-state index is 0.0613. The van der Waals surface area contributed by atoms with Crippen LogP contribution in [0.5, 0.6) is 0 Å². The normalized spacial score (nSPS) is 31.6. The van der Waals surface area contributed by atoms with Crippen molar-refractivity contribution in [1.29, 1.82) is 0 Å². The Morgan fingerprint density at radius 3 is 2.65 bits per heavy atom. The molecule has 0 aromatic heterocycles. The van der Waals surface area contributed by atoms with Gasteiger partial charge in [0.15, 0.2) is 0 Å². The molecule has 0 radical (unpaired) electrons. The summed E-state index contributed by atoms with van der Waals surface area (Å²) in [6.45, 7) is 11.7. The van der Waals surface area contributed by atoms with Crippen LogP contribution in [0.4, 0.5) is 0 Å². The van der Waals surface area contributed by atoms with Crippen LogP contribution in [0.2, 0.25) is 0 Å². The van der Waals surface area contributed by atoms with Gasteiger partial charge >= 0.3 is 5.97 Å². The van der Waals surface area contributed by atoms with Gasteiger partial charge in [-0.15, -0.1) is 0 Å². The highest BCUT2D eigenvalue weighted by Crippen LogP contribution is 2.56. The number of benzene rings is 1. The first-order valence-electron chi connectivity index (χ1n) is 8.35. The van der Waals surface area contributed by atoms with E-state index in [1.807, 2.05) is 18.2 Å². The van der Waals surface area contributed by atoms with Gasteiger partial charge in [0.1, 0.15) is 0 Å². The quantitative estimate of drug-likeness (QED) is 0.616. The minimum Gasteiger partial charge on any atom is -0.461 e. The Labute approximate surface area is 138 Å². The zero-order chi connectivity index (χ0) is 16.7. The Balaban J connectivity index is 1.71. The summed E-state index contributed by atoms with van der Waals surface area (Å²) in [6.07, 6.45) is 2.04. The molecule has 3 atom stereocenters. The molecule has 2 bridgehead atoms. The van der Waals surface area contributed by atoms with E-state index in [9.17, 15) is 4.79 Å². The summed E-state index contributed by atoms with van der Waals surface area (Å²) in [4.78, 5) is 12.2. The fourth-order valence-electron chi connectivity index (χ4n) is 4.15. The maximum Gasteiger partial charge on any atom is 0.338 e. The summed E-state index contributed by atoms with van der Waals surface area (Å²) < 4.78 is 11.8. The van der Waals surface area contributed by atoms with Crippen LogP contribution in [0.25, 0.3) is 0 Å². The van der Waals surface area contributed by atoms with Gasteiger partial charge in [0.05, 0.1) is 24.4 Å².